The molecule has 2 rings (SSSR count). The van der Waals surface area contributed by atoms with Gasteiger partial charge in [-0.05, 0) is 30.2 Å². The highest BCUT2D eigenvalue weighted by Gasteiger charge is 2.10. The van der Waals surface area contributed by atoms with E-state index in [0.717, 1.165) is 32.6 Å². The van der Waals surface area contributed by atoms with Gasteiger partial charge in [-0.1, -0.05) is 25.1 Å². The molecule has 1 N–H and O–H groups in total. The molecule has 1 aromatic carbocycles. The summed E-state index contributed by atoms with van der Waals surface area (Å²) in [6.45, 7) is 10.1. The summed E-state index contributed by atoms with van der Waals surface area (Å²) in [4.78, 5) is 2.39. The Morgan fingerprint density at radius 2 is 2.38 bits per heavy atom. The smallest absolute Gasteiger partial charge is 0.0373 e. The van der Waals surface area contributed by atoms with E-state index >= 15 is 0 Å². The number of benzene rings is 1. The van der Waals surface area contributed by atoms with Gasteiger partial charge in [-0.25, -0.2) is 0 Å². The Kier molecular flexibility index (Phi) is 3.62. The van der Waals surface area contributed by atoms with E-state index in [-0.39, 0.29) is 0 Å². The maximum Gasteiger partial charge on any atom is 0.0373 e. The van der Waals surface area contributed by atoms with Gasteiger partial charge in [0.1, 0.15) is 0 Å². The highest BCUT2D eigenvalue weighted by atomic mass is 15.1. The topological polar surface area (TPSA) is 15.3 Å². The van der Waals surface area contributed by atoms with E-state index in [2.05, 4.69) is 41.9 Å². The Hall–Kier alpha value is -1.28. The van der Waals surface area contributed by atoms with E-state index in [1.165, 1.54) is 16.8 Å². The second kappa shape index (κ2) is 5.17. The Bertz CT molecular complexity index is 371. The third kappa shape index (κ3) is 2.45. The van der Waals surface area contributed by atoms with Crippen LogP contribution in [0.1, 0.15) is 18.1 Å². The molecule has 16 heavy (non-hydrogen) atoms. The van der Waals surface area contributed by atoms with Gasteiger partial charge in [0, 0.05) is 25.3 Å². The fraction of sp³-hybridized carbons (Fsp3) is 0.429. The molecule has 0 unspecified atom stereocenters. The third-order valence-corrected chi connectivity index (χ3v) is 3.12. The van der Waals surface area contributed by atoms with Gasteiger partial charge in [0.25, 0.3) is 0 Å². The zero-order valence-corrected chi connectivity index (χ0v) is 10.00. The standard InChI is InChI=1S/C14H20N2/c1-3-9-16(4-2)11-12-5-6-14-13(10-12)7-8-15-14/h3,5-6,10,15H,1,4,7-9,11H2,2H3. The highest BCUT2D eigenvalue weighted by molar-refractivity contribution is 5.56. The number of likely N-dealkylation sites (N-methyl/N-ethyl adjacent to an activating group) is 1. The molecule has 0 fully saturated rings. The summed E-state index contributed by atoms with van der Waals surface area (Å²) in [5.41, 5.74) is 4.19. The van der Waals surface area contributed by atoms with Crippen LogP contribution in [0.15, 0.2) is 30.9 Å². The fourth-order valence-electron chi connectivity index (χ4n) is 2.20. The minimum atomic E-state index is 0.964. The molecule has 1 aliphatic rings. The minimum absolute atomic E-state index is 0.964. The molecule has 2 nitrogen and oxygen atoms in total. The molecular weight excluding hydrogens is 196 g/mol. The zero-order valence-electron chi connectivity index (χ0n) is 10.00. The molecule has 86 valence electrons. The first-order valence-electron chi connectivity index (χ1n) is 6.02. The monoisotopic (exact) mass is 216 g/mol. The van der Waals surface area contributed by atoms with Gasteiger partial charge in [0.05, 0.1) is 0 Å². The molecule has 0 aliphatic carbocycles. The van der Waals surface area contributed by atoms with E-state index in [0.29, 0.717) is 0 Å². The largest absolute Gasteiger partial charge is 0.384 e. The lowest BCUT2D eigenvalue weighted by Crippen LogP contribution is -2.22. The van der Waals surface area contributed by atoms with Gasteiger partial charge in [-0.3, -0.25) is 4.90 Å². The molecule has 2 heteroatoms. The molecule has 0 saturated carbocycles. The van der Waals surface area contributed by atoms with Gasteiger partial charge in [0.15, 0.2) is 0 Å². The van der Waals surface area contributed by atoms with Gasteiger partial charge >= 0.3 is 0 Å². The summed E-state index contributed by atoms with van der Waals surface area (Å²) >= 11 is 0. The normalized spacial score (nSPS) is 13.6. The van der Waals surface area contributed by atoms with Crippen LogP contribution >= 0.6 is 0 Å². The first-order valence-corrected chi connectivity index (χ1v) is 6.02. The fourth-order valence-corrected chi connectivity index (χ4v) is 2.20. The van der Waals surface area contributed by atoms with Crippen LogP contribution in [0, 0.1) is 0 Å². The average molecular weight is 216 g/mol. The van der Waals surface area contributed by atoms with Crippen molar-refractivity contribution < 1.29 is 0 Å². The predicted molar refractivity (Wildman–Crippen MR) is 69.8 cm³/mol. The van der Waals surface area contributed by atoms with Crippen molar-refractivity contribution in [3.8, 4) is 0 Å². The number of hydrogen-bond acceptors (Lipinski definition) is 2. The van der Waals surface area contributed by atoms with Gasteiger partial charge < -0.3 is 5.32 Å². The third-order valence-electron chi connectivity index (χ3n) is 3.12. The van der Waals surface area contributed by atoms with Gasteiger partial charge in [-0.15, -0.1) is 6.58 Å². The minimum Gasteiger partial charge on any atom is -0.384 e. The van der Waals surface area contributed by atoms with E-state index in [1.807, 2.05) is 6.08 Å². The highest BCUT2D eigenvalue weighted by Crippen LogP contribution is 2.23. The lowest BCUT2D eigenvalue weighted by atomic mass is 10.1. The van der Waals surface area contributed by atoms with Crippen LogP contribution in [-0.2, 0) is 13.0 Å². The lowest BCUT2D eigenvalue weighted by molar-refractivity contribution is 0.311. The Morgan fingerprint density at radius 3 is 3.12 bits per heavy atom. The number of anilines is 1. The molecule has 0 radical (unpaired) electrons. The van der Waals surface area contributed by atoms with E-state index in [1.54, 1.807) is 0 Å². The Labute approximate surface area is 98.0 Å². The number of hydrogen-bond donors (Lipinski definition) is 1. The van der Waals surface area contributed by atoms with Crippen molar-refractivity contribution in [2.45, 2.75) is 19.9 Å². The SMILES string of the molecule is C=CCN(CC)Cc1ccc2c(c1)CCN2. The van der Waals surface area contributed by atoms with E-state index < -0.39 is 0 Å². The van der Waals surface area contributed by atoms with Crippen molar-refractivity contribution in [3.63, 3.8) is 0 Å². The van der Waals surface area contributed by atoms with Gasteiger partial charge in [0.2, 0.25) is 0 Å². The molecule has 0 amide bonds. The van der Waals surface area contributed by atoms with Gasteiger partial charge in [-0.2, -0.15) is 0 Å². The van der Waals surface area contributed by atoms with Crippen molar-refractivity contribution >= 4 is 5.69 Å². The molecular formula is C14H20N2. The average Bonchev–Trinajstić information content (AvgIpc) is 2.75. The zero-order chi connectivity index (χ0) is 11.4. The summed E-state index contributed by atoms with van der Waals surface area (Å²) in [5.74, 6) is 0. The maximum absolute atomic E-state index is 3.80. The molecule has 1 aliphatic heterocycles. The molecule has 0 bridgehead atoms. The van der Waals surface area contributed by atoms with Crippen molar-refractivity contribution in [2.75, 3.05) is 25.0 Å². The first kappa shape index (κ1) is 11.2. The molecule has 0 saturated heterocycles. The molecule has 1 aromatic rings. The van der Waals surface area contributed by atoms with Crippen molar-refractivity contribution in [1.82, 2.24) is 4.90 Å². The summed E-state index contributed by atoms with van der Waals surface area (Å²) in [6.07, 6.45) is 3.13. The lowest BCUT2D eigenvalue weighted by Gasteiger charge is -2.18. The summed E-state index contributed by atoms with van der Waals surface area (Å²) in [7, 11) is 0. The first-order chi connectivity index (χ1) is 7.83. The van der Waals surface area contributed by atoms with Crippen LogP contribution < -0.4 is 5.32 Å². The van der Waals surface area contributed by atoms with Crippen LogP contribution in [-0.4, -0.2) is 24.5 Å². The van der Waals surface area contributed by atoms with Crippen molar-refractivity contribution in [1.29, 1.82) is 0 Å². The summed E-state index contributed by atoms with van der Waals surface area (Å²) < 4.78 is 0. The predicted octanol–water partition coefficient (Wildman–Crippen LogP) is 2.66. The summed E-state index contributed by atoms with van der Waals surface area (Å²) in [6, 6.07) is 6.77. The maximum atomic E-state index is 3.80. The Balaban J connectivity index is 2.06. The van der Waals surface area contributed by atoms with E-state index in [9.17, 15) is 0 Å². The Morgan fingerprint density at radius 1 is 1.50 bits per heavy atom. The van der Waals surface area contributed by atoms with Crippen LogP contribution in [0.5, 0.6) is 0 Å². The summed E-state index contributed by atoms with van der Waals surface area (Å²) in [5, 5.41) is 3.39. The van der Waals surface area contributed by atoms with Crippen molar-refractivity contribution in [3.05, 3.63) is 42.0 Å². The molecule has 0 aromatic heterocycles. The number of fused-ring (bicyclic) bond motifs is 1. The molecule has 0 spiro atoms. The number of rotatable bonds is 5. The number of nitrogens with one attached hydrogen (secondary N) is 1. The second-order valence-corrected chi connectivity index (χ2v) is 4.28. The van der Waals surface area contributed by atoms with Crippen LogP contribution in [0.2, 0.25) is 0 Å². The second-order valence-electron chi connectivity index (χ2n) is 4.28. The van der Waals surface area contributed by atoms with Crippen molar-refractivity contribution in [2.24, 2.45) is 0 Å². The van der Waals surface area contributed by atoms with Crippen LogP contribution in [0.25, 0.3) is 0 Å². The van der Waals surface area contributed by atoms with E-state index in [4.69, 9.17) is 0 Å². The molecule has 1 heterocycles. The molecule has 0 atom stereocenters. The quantitative estimate of drug-likeness (QED) is 0.761. The number of nitrogens with zero attached hydrogens (tertiary/aromatic N) is 1. The van der Waals surface area contributed by atoms with Crippen LogP contribution in [0.3, 0.4) is 0 Å². The van der Waals surface area contributed by atoms with Crippen LogP contribution in [0.4, 0.5) is 5.69 Å².